The van der Waals surface area contributed by atoms with Gasteiger partial charge in [0, 0.05) is 0 Å². The molecule has 0 heterocycles. The molecule has 0 atom stereocenters. The molecule has 0 aromatic carbocycles. The Balaban J connectivity index is -0.0000000774. The molecule has 0 spiro atoms. The smallest absolute Gasteiger partial charge is 1.00 e. The Morgan fingerprint density at radius 2 is 0.909 bits per heavy atom. The Morgan fingerprint density at radius 1 is 0.727 bits per heavy atom. The summed E-state index contributed by atoms with van der Waals surface area (Å²) >= 11 is 0. The maximum Gasteiger partial charge on any atom is 1.00 e. The van der Waals surface area contributed by atoms with Gasteiger partial charge >= 0.3 is 103 Å². The molecule has 0 rings (SSSR count). The van der Waals surface area contributed by atoms with Crippen molar-refractivity contribution in [2.45, 2.75) is 27.7 Å². The topological polar surface area (TPSA) is 133 Å². The van der Waals surface area contributed by atoms with Crippen LogP contribution in [0.2, 0.25) is 0 Å². The molecular formula is C8H20BrK2NO8S2. The molecule has 0 aliphatic carbocycles. The van der Waals surface area contributed by atoms with E-state index in [2.05, 4.69) is 36.4 Å². The second-order valence-electron chi connectivity index (χ2n) is 3.56. The van der Waals surface area contributed by atoms with Gasteiger partial charge in [0.25, 0.3) is 0 Å². The number of halogens is 1. The molecule has 9 nitrogen and oxygen atoms in total. The van der Waals surface area contributed by atoms with Crippen molar-refractivity contribution in [1.82, 2.24) is 0 Å². The molecule has 0 bridgehead atoms. The number of nitrogens with zero attached hydrogens (tertiary/aromatic N) is 1. The Morgan fingerprint density at radius 3 is 0.955 bits per heavy atom. The first kappa shape index (κ1) is 36.4. The van der Waals surface area contributed by atoms with Crippen molar-refractivity contribution in [3.63, 3.8) is 0 Å². The summed E-state index contributed by atoms with van der Waals surface area (Å²) in [6, 6.07) is 0. The summed E-state index contributed by atoms with van der Waals surface area (Å²) in [4.78, 5) is 0. The minimum absolute atomic E-state index is 0. The van der Waals surface area contributed by atoms with Gasteiger partial charge < -0.3 is 30.6 Å². The van der Waals surface area contributed by atoms with E-state index in [0.29, 0.717) is 0 Å². The molecule has 0 aromatic heterocycles. The monoisotopic (exact) mass is 479 g/mol. The second kappa shape index (κ2) is 17.8. The summed E-state index contributed by atoms with van der Waals surface area (Å²) in [5.41, 5.74) is 0. The fourth-order valence-corrected chi connectivity index (χ4v) is 1.95. The van der Waals surface area contributed by atoms with E-state index in [9.17, 15) is 25.9 Å². The molecule has 0 aliphatic rings. The molecule has 0 N–H and O–H groups in total. The van der Waals surface area contributed by atoms with Crippen molar-refractivity contribution in [1.29, 1.82) is 0 Å². The van der Waals surface area contributed by atoms with Crippen LogP contribution in [-0.4, -0.2) is 56.6 Å². The summed E-state index contributed by atoms with van der Waals surface area (Å²) in [7, 11) is -10.6. The van der Waals surface area contributed by atoms with Crippen LogP contribution in [0.15, 0.2) is 0 Å². The molecule has 0 aromatic rings. The van der Waals surface area contributed by atoms with Gasteiger partial charge in [-0.25, -0.2) is 16.8 Å². The molecule has 0 aliphatic heterocycles. The van der Waals surface area contributed by atoms with Crippen molar-refractivity contribution in [2.75, 3.05) is 26.2 Å². The van der Waals surface area contributed by atoms with Crippen LogP contribution in [0.3, 0.4) is 0 Å². The number of hydrogen-bond acceptors (Lipinski definition) is 8. The van der Waals surface area contributed by atoms with Crippen molar-refractivity contribution in [3.8, 4) is 0 Å². The molecule has 0 unspecified atom stereocenters. The summed E-state index contributed by atoms with van der Waals surface area (Å²) in [5, 5.41) is 0. The third kappa shape index (κ3) is 23.5. The third-order valence-corrected chi connectivity index (χ3v) is 3.43. The average molecular weight is 480 g/mol. The van der Waals surface area contributed by atoms with Crippen molar-refractivity contribution >= 4 is 20.8 Å². The van der Waals surface area contributed by atoms with Crippen LogP contribution >= 0.6 is 0 Å². The summed E-state index contributed by atoms with van der Waals surface area (Å²) in [6.07, 6.45) is 0. The SMILES string of the molecule is CC[N+](CC)(CC)CC.O=S(=O)([O-])OOS(=O)(=O)[O-].[Br-].[K+].[K+]. The fourth-order valence-electron chi connectivity index (χ4n) is 1.41. The van der Waals surface area contributed by atoms with Crippen LogP contribution in [0.5, 0.6) is 0 Å². The quantitative estimate of drug-likeness (QED) is 0.0876. The van der Waals surface area contributed by atoms with Crippen molar-refractivity contribution < 1.29 is 159 Å². The van der Waals surface area contributed by atoms with E-state index in [1.165, 1.54) is 30.7 Å². The van der Waals surface area contributed by atoms with Gasteiger partial charge in [-0.1, -0.05) is 0 Å². The van der Waals surface area contributed by atoms with E-state index < -0.39 is 20.8 Å². The van der Waals surface area contributed by atoms with Crippen LogP contribution in [0.1, 0.15) is 27.7 Å². The number of quaternary nitrogens is 1. The van der Waals surface area contributed by atoms with Crippen LogP contribution < -0.4 is 120 Å². The molecule has 0 saturated heterocycles. The van der Waals surface area contributed by atoms with E-state index >= 15 is 0 Å². The largest absolute Gasteiger partial charge is 1.00 e. The molecular weight excluding hydrogens is 460 g/mol. The maximum absolute atomic E-state index is 9.37. The predicted molar refractivity (Wildman–Crippen MR) is 64.0 cm³/mol. The van der Waals surface area contributed by atoms with Gasteiger partial charge in [0.1, 0.15) is 0 Å². The zero-order chi connectivity index (χ0) is 15.7. The fraction of sp³-hybridized carbons (Fsp3) is 1.00. The van der Waals surface area contributed by atoms with E-state index in [-0.39, 0.29) is 120 Å². The first-order valence-electron chi connectivity index (χ1n) is 5.59. The van der Waals surface area contributed by atoms with E-state index in [0.717, 1.165) is 0 Å². The summed E-state index contributed by atoms with van der Waals surface area (Å²) in [5.74, 6) is 0. The molecule has 0 radical (unpaired) electrons. The van der Waals surface area contributed by atoms with Gasteiger partial charge in [-0.15, -0.1) is 8.67 Å². The minimum Gasteiger partial charge on any atom is -1.00 e. The van der Waals surface area contributed by atoms with Gasteiger partial charge in [-0.3, -0.25) is 0 Å². The van der Waals surface area contributed by atoms with Crippen molar-refractivity contribution in [2.24, 2.45) is 0 Å². The normalized spacial score (nSPS) is 11.0. The Hall–Kier alpha value is 3.45. The molecule has 0 amide bonds. The third-order valence-electron chi connectivity index (χ3n) is 2.88. The van der Waals surface area contributed by atoms with E-state index in [1.54, 1.807) is 0 Å². The number of hydrogen-bond donors (Lipinski definition) is 0. The standard InChI is InChI=1S/C8H20N.BrH.2K.H2O8S2/c1-5-9(6-2,7-3)8-4;;;;1-9(2,3)7-8-10(4,5)6/h5-8H2,1-4H3;1H;;;(H,1,2,3)(H,4,5,6)/q+1;;2*+1;/p-3. The maximum atomic E-state index is 9.37. The first-order chi connectivity index (χ1) is 8.45. The second-order valence-corrected chi connectivity index (χ2v) is 5.46. The van der Waals surface area contributed by atoms with Gasteiger partial charge in [-0.05, 0) is 27.7 Å². The zero-order valence-corrected chi connectivity index (χ0v) is 23.2. The average Bonchev–Trinajstić information content (AvgIpc) is 2.30. The number of rotatable bonds is 7. The van der Waals surface area contributed by atoms with E-state index in [1.807, 2.05) is 0 Å². The molecule has 0 saturated carbocycles. The van der Waals surface area contributed by atoms with Crippen LogP contribution in [-0.2, 0) is 29.5 Å². The van der Waals surface area contributed by atoms with Gasteiger partial charge in [0.15, 0.2) is 0 Å². The van der Waals surface area contributed by atoms with Gasteiger partial charge in [0.2, 0.25) is 20.8 Å². The first-order valence-corrected chi connectivity index (χ1v) is 8.26. The molecule has 0 fully saturated rings. The Labute approximate surface area is 228 Å². The van der Waals surface area contributed by atoms with Crippen LogP contribution in [0.4, 0.5) is 0 Å². The molecule has 14 heteroatoms. The minimum atomic E-state index is -5.31. The Bertz CT molecular complexity index is 392. The Kier molecular flexibility index (Phi) is 29.5. The van der Waals surface area contributed by atoms with Gasteiger partial charge in [-0.2, -0.15) is 0 Å². The molecule has 126 valence electrons. The van der Waals surface area contributed by atoms with E-state index in [4.69, 9.17) is 0 Å². The van der Waals surface area contributed by atoms with Crippen LogP contribution in [0.25, 0.3) is 0 Å². The zero-order valence-electron chi connectivity index (χ0n) is 13.7. The summed E-state index contributed by atoms with van der Waals surface area (Å²) < 4.78 is 62.7. The predicted octanol–water partition coefficient (Wildman–Crippen LogP) is -9.25. The molecule has 22 heavy (non-hydrogen) atoms. The van der Waals surface area contributed by atoms with Gasteiger partial charge in [0.05, 0.1) is 26.2 Å². The van der Waals surface area contributed by atoms with Crippen LogP contribution in [0, 0.1) is 0 Å². The summed E-state index contributed by atoms with van der Waals surface area (Å²) in [6.45, 7) is 14.2. The van der Waals surface area contributed by atoms with Crippen molar-refractivity contribution in [3.05, 3.63) is 0 Å².